The molecule has 3 rings (SSSR count). The van der Waals surface area contributed by atoms with Crippen molar-refractivity contribution in [3.8, 4) is 0 Å². The molecule has 96 valence electrons. The summed E-state index contributed by atoms with van der Waals surface area (Å²) in [6, 6.07) is 7.06. The SMILES string of the molecule is Cc1ccc2c(CC3CCCCC3N)c[nH]c2c1. The fraction of sp³-hybridized carbons (Fsp3) is 0.500. The van der Waals surface area contributed by atoms with Gasteiger partial charge in [-0.05, 0) is 49.3 Å². The Labute approximate surface area is 109 Å². The van der Waals surface area contributed by atoms with Gasteiger partial charge in [-0.3, -0.25) is 0 Å². The molecule has 0 spiro atoms. The first-order chi connectivity index (χ1) is 8.74. The van der Waals surface area contributed by atoms with E-state index in [1.165, 1.54) is 47.7 Å². The number of hydrogen-bond donors (Lipinski definition) is 2. The second-order valence-electron chi connectivity index (χ2n) is 5.78. The normalized spacial score (nSPS) is 24.6. The maximum atomic E-state index is 6.25. The summed E-state index contributed by atoms with van der Waals surface area (Å²) in [4.78, 5) is 3.39. The van der Waals surface area contributed by atoms with Gasteiger partial charge >= 0.3 is 0 Å². The zero-order valence-corrected chi connectivity index (χ0v) is 11.1. The van der Waals surface area contributed by atoms with Crippen LogP contribution in [0.2, 0.25) is 0 Å². The lowest BCUT2D eigenvalue weighted by molar-refractivity contribution is 0.307. The van der Waals surface area contributed by atoms with Crippen LogP contribution in [0.4, 0.5) is 0 Å². The molecule has 2 aromatic rings. The molecule has 18 heavy (non-hydrogen) atoms. The van der Waals surface area contributed by atoms with Gasteiger partial charge in [0.2, 0.25) is 0 Å². The first kappa shape index (κ1) is 11.8. The summed E-state index contributed by atoms with van der Waals surface area (Å²) in [5.74, 6) is 0.666. The van der Waals surface area contributed by atoms with Gasteiger partial charge in [0, 0.05) is 23.1 Å². The van der Waals surface area contributed by atoms with Crippen LogP contribution in [0.25, 0.3) is 10.9 Å². The zero-order chi connectivity index (χ0) is 12.5. The summed E-state index contributed by atoms with van der Waals surface area (Å²) in [5.41, 5.74) is 10.3. The topological polar surface area (TPSA) is 41.8 Å². The Hall–Kier alpha value is -1.28. The van der Waals surface area contributed by atoms with Crippen LogP contribution in [0, 0.1) is 12.8 Å². The van der Waals surface area contributed by atoms with Crippen molar-refractivity contribution in [1.29, 1.82) is 0 Å². The van der Waals surface area contributed by atoms with Gasteiger partial charge in [-0.2, -0.15) is 0 Å². The van der Waals surface area contributed by atoms with Gasteiger partial charge < -0.3 is 10.7 Å². The van der Waals surface area contributed by atoms with E-state index in [2.05, 4.69) is 36.3 Å². The smallest absolute Gasteiger partial charge is 0.0459 e. The lowest BCUT2D eigenvalue weighted by atomic mass is 9.81. The average Bonchev–Trinajstić information content (AvgIpc) is 2.74. The van der Waals surface area contributed by atoms with Gasteiger partial charge in [-0.1, -0.05) is 25.0 Å². The molecule has 0 radical (unpaired) electrons. The van der Waals surface area contributed by atoms with E-state index in [4.69, 9.17) is 5.73 Å². The Bertz CT molecular complexity index is 541. The Morgan fingerprint density at radius 1 is 1.28 bits per heavy atom. The summed E-state index contributed by atoms with van der Waals surface area (Å²) in [6.07, 6.45) is 8.45. The van der Waals surface area contributed by atoms with Crippen LogP contribution in [0.1, 0.15) is 36.8 Å². The molecule has 2 unspecified atom stereocenters. The molecule has 1 fully saturated rings. The first-order valence-corrected chi connectivity index (χ1v) is 7.06. The minimum absolute atomic E-state index is 0.397. The van der Waals surface area contributed by atoms with E-state index in [0.717, 1.165) is 6.42 Å². The summed E-state index contributed by atoms with van der Waals surface area (Å²) in [7, 11) is 0. The van der Waals surface area contributed by atoms with E-state index in [0.29, 0.717) is 12.0 Å². The second kappa shape index (κ2) is 4.77. The van der Waals surface area contributed by atoms with E-state index in [9.17, 15) is 0 Å². The van der Waals surface area contributed by atoms with Crippen molar-refractivity contribution >= 4 is 10.9 Å². The van der Waals surface area contributed by atoms with Crippen LogP contribution in [0.15, 0.2) is 24.4 Å². The highest BCUT2D eigenvalue weighted by Crippen LogP contribution is 2.29. The molecule has 1 saturated carbocycles. The summed E-state index contributed by atoms with van der Waals surface area (Å²) in [5, 5.41) is 1.37. The molecular formula is C16H22N2. The number of H-pyrrole nitrogens is 1. The molecule has 1 aromatic carbocycles. The van der Waals surface area contributed by atoms with Crippen molar-refractivity contribution in [3.05, 3.63) is 35.5 Å². The minimum Gasteiger partial charge on any atom is -0.361 e. The number of rotatable bonds is 2. The highest BCUT2D eigenvalue weighted by molar-refractivity contribution is 5.83. The molecule has 1 aliphatic carbocycles. The Morgan fingerprint density at radius 2 is 2.11 bits per heavy atom. The molecule has 2 heteroatoms. The van der Waals surface area contributed by atoms with Gasteiger partial charge in [0.25, 0.3) is 0 Å². The number of nitrogens with two attached hydrogens (primary N) is 1. The third-order valence-electron chi connectivity index (χ3n) is 4.37. The second-order valence-corrected chi connectivity index (χ2v) is 5.78. The molecule has 0 aliphatic heterocycles. The van der Waals surface area contributed by atoms with Crippen molar-refractivity contribution in [1.82, 2.24) is 4.98 Å². The number of benzene rings is 1. The lowest BCUT2D eigenvalue weighted by Crippen LogP contribution is -2.34. The number of aromatic nitrogens is 1. The van der Waals surface area contributed by atoms with Crippen LogP contribution in [-0.4, -0.2) is 11.0 Å². The third kappa shape index (κ3) is 2.17. The molecule has 2 nitrogen and oxygen atoms in total. The quantitative estimate of drug-likeness (QED) is 0.831. The summed E-state index contributed by atoms with van der Waals surface area (Å²) < 4.78 is 0. The van der Waals surface area contributed by atoms with Crippen LogP contribution >= 0.6 is 0 Å². The van der Waals surface area contributed by atoms with E-state index >= 15 is 0 Å². The van der Waals surface area contributed by atoms with Crippen molar-refractivity contribution < 1.29 is 0 Å². The first-order valence-electron chi connectivity index (χ1n) is 7.06. The van der Waals surface area contributed by atoms with Crippen molar-refractivity contribution in [3.63, 3.8) is 0 Å². The fourth-order valence-corrected chi connectivity index (χ4v) is 3.24. The maximum Gasteiger partial charge on any atom is 0.0459 e. The van der Waals surface area contributed by atoms with Gasteiger partial charge in [0.05, 0.1) is 0 Å². The Morgan fingerprint density at radius 3 is 2.94 bits per heavy atom. The van der Waals surface area contributed by atoms with Crippen molar-refractivity contribution in [2.45, 2.75) is 45.1 Å². The predicted octanol–water partition coefficient (Wildman–Crippen LogP) is 3.54. The maximum absolute atomic E-state index is 6.25. The van der Waals surface area contributed by atoms with Gasteiger partial charge in [0.15, 0.2) is 0 Å². The third-order valence-corrected chi connectivity index (χ3v) is 4.37. The van der Waals surface area contributed by atoms with Crippen LogP contribution < -0.4 is 5.73 Å². The molecule has 1 aliphatic rings. The van der Waals surface area contributed by atoms with Gasteiger partial charge in [-0.15, -0.1) is 0 Å². The molecule has 0 saturated heterocycles. The zero-order valence-electron chi connectivity index (χ0n) is 11.1. The molecular weight excluding hydrogens is 220 g/mol. The van der Waals surface area contributed by atoms with E-state index in [1.54, 1.807) is 0 Å². The Balaban J connectivity index is 1.86. The van der Waals surface area contributed by atoms with Crippen molar-refractivity contribution in [2.24, 2.45) is 11.7 Å². The highest BCUT2D eigenvalue weighted by Gasteiger charge is 2.22. The average molecular weight is 242 g/mol. The van der Waals surface area contributed by atoms with E-state index < -0.39 is 0 Å². The highest BCUT2D eigenvalue weighted by atomic mass is 14.7. The van der Waals surface area contributed by atoms with Crippen LogP contribution in [-0.2, 0) is 6.42 Å². The molecule has 1 heterocycles. The molecule has 2 atom stereocenters. The monoisotopic (exact) mass is 242 g/mol. The van der Waals surface area contributed by atoms with Crippen LogP contribution in [0.3, 0.4) is 0 Å². The summed E-state index contributed by atoms with van der Waals surface area (Å²) >= 11 is 0. The number of hydrogen-bond acceptors (Lipinski definition) is 1. The number of nitrogens with one attached hydrogen (secondary N) is 1. The number of aryl methyl sites for hydroxylation is 1. The van der Waals surface area contributed by atoms with Gasteiger partial charge in [-0.25, -0.2) is 0 Å². The standard InChI is InChI=1S/C16H22N2/c1-11-6-7-14-13(10-18-16(14)8-11)9-12-4-2-3-5-15(12)17/h6-8,10,12,15,18H,2-5,9,17H2,1H3. The molecule has 0 amide bonds. The van der Waals surface area contributed by atoms with Gasteiger partial charge in [0.1, 0.15) is 0 Å². The fourth-order valence-electron chi connectivity index (χ4n) is 3.24. The largest absolute Gasteiger partial charge is 0.361 e. The number of aromatic amines is 1. The Kier molecular flexibility index (Phi) is 3.13. The molecule has 1 aromatic heterocycles. The van der Waals surface area contributed by atoms with Crippen LogP contribution in [0.5, 0.6) is 0 Å². The molecule has 0 bridgehead atoms. The predicted molar refractivity (Wildman–Crippen MR) is 76.7 cm³/mol. The summed E-state index contributed by atoms with van der Waals surface area (Å²) in [6.45, 7) is 2.14. The number of fused-ring (bicyclic) bond motifs is 1. The lowest BCUT2D eigenvalue weighted by Gasteiger charge is -2.28. The van der Waals surface area contributed by atoms with E-state index in [1.807, 2.05) is 0 Å². The minimum atomic E-state index is 0.397. The molecule has 3 N–H and O–H groups in total. The van der Waals surface area contributed by atoms with Crippen molar-refractivity contribution in [2.75, 3.05) is 0 Å². The van der Waals surface area contributed by atoms with E-state index in [-0.39, 0.29) is 0 Å².